The van der Waals surface area contributed by atoms with Gasteiger partial charge in [0.15, 0.2) is 4.34 Å². The van der Waals surface area contributed by atoms with Crippen molar-refractivity contribution < 1.29 is 0 Å². The highest BCUT2D eigenvalue weighted by molar-refractivity contribution is 8.01. The molecule has 19 heavy (non-hydrogen) atoms. The van der Waals surface area contributed by atoms with Crippen molar-refractivity contribution in [2.45, 2.75) is 17.2 Å². The van der Waals surface area contributed by atoms with Crippen molar-refractivity contribution in [3.8, 4) is 0 Å². The second-order valence-corrected chi connectivity index (χ2v) is 6.74. The van der Waals surface area contributed by atoms with Crippen LogP contribution in [-0.4, -0.2) is 30.0 Å². The van der Waals surface area contributed by atoms with E-state index < -0.39 is 0 Å². The second-order valence-electron chi connectivity index (χ2n) is 4.44. The van der Waals surface area contributed by atoms with E-state index in [0.717, 1.165) is 33.8 Å². The summed E-state index contributed by atoms with van der Waals surface area (Å²) in [5, 5.41) is 9.25. The Balaban J connectivity index is 1.72. The van der Waals surface area contributed by atoms with Gasteiger partial charge < -0.3 is 10.6 Å². The molecule has 0 atom stereocenters. The number of hydrogen-bond donors (Lipinski definition) is 1. The van der Waals surface area contributed by atoms with E-state index in [1.165, 1.54) is 5.56 Å². The molecular formula is C13H18N4S2. The van der Waals surface area contributed by atoms with Crippen molar-refractivity contribution in [1.29, 1.82) is 0 Å². The van der Waals surface area contributed by atoms with Gasteiger partial charge in [0.1, 0.15) is 0 Å². The van der Waals surface area contributed by atoms with Gasteiger partial charge >= 0.3 is 0 Å². The fraction of sp³-hybridized carbons (Fsp3) is 0.385. The number of anilines is 2. The highest BCUT2D eigenvalue weighted by Gasteiger charge is 2.05. The fourth-order valence-corrected chi connectivity index (χ4v) is 3.33. The summed E-state index contributed by atoms with van der Waals surface area (Å²) in [6.07, 6.45) is 2.21. The molecule has 0 spiro atoms. The van der Waals surface area contributed by atoms with Gasteiger partial charge in [0.2, 0.25) is 5.13 Å². The van der Waals surface area contributed by atoms with E-state index in [2.05, 4.69) is 22.3 Å². The maximum absolute atomic E-state index is 5.66. The molecule has 0 unspecified atom stereocenters. The lowest BCUT2D eigenvalue weighted by atomic mass is 10.1. The van der Waals surface area contributed by atoms with Crippen LogP contribution in [0.5, 0.6) is 0 Å². The third kappa shape index (κ3) is 4.40. The third-order valence-corrected chi connectivity index (χ3v) is 4.90. The first-order valence-corrected chi connectivity index (χ1v) is 7.93. The minimum atomic E-state index is 0.822. The van der Waals surface area contributed by atoms with Crippen LogP contribution in [0, 0.1) is 0 Å². The minimum Gasteiger partial charge on any atom is -0.399 e. The van der Waals surface area contributed by atoms with Crippen molar-refractivity contribution >= 4 is 33.9 Å². The Morgan fingerprint density at radius 3 is 2.58 bits per heavy atom. The van der Waals surface area contributed by atoms with Crippen LogP contribution in [0.3, 0.4) is 0 Å². The maximum Gasteiger partial charge on any atom is 0.208 e. The topological polar surface area (TPSA) is 55.0 Å². The zero-order chi connectivity index (χ0) is 13.7. The summed E-state index contributed by atoms with van der Waals surface area (Å²) in [6.45, 7) is 0. The van der Waals surface area contributed by atoms with E-state index in [1.54, 1.807) is 23.1 Å². The first-order valence-electron chi connectivity index (χ1n) is 6.13. The molecule has 2 N–H and O–H groups in total. The largest absolute Gasteiger partial charge is 0.399 e. The van der Waals surface area contributed by atoms with Crippen molar-refractivity contribution in [3.05, 3.63) is 29.8 Å². The molecule has 0 bridgehead atoms. The van der Waals surface area contributed by atoms with E-state index in [1.807, 2.05) is 31.1 Å². The zero-order valence-electron chi connectivity index (χ0n) is 11.2. The van der Waals surface area contributed by atoms with Gasteiger partial charge in [-0.05, 0) is 30.5 Å². The van der Waals surface area contributed by atoms with Crippen molar-refractivity contribution in [1.82, 2.24) is 10.2 Å². The summed E-state index contributed by atoms with van der Waals surface area (Å²) in [7, 11) is 3.96. The molecule has 1 aromatic carbocycles. The molecule has 2 rings (SSSR count). The van der Waals surface area contributed by atoms with Crippen LogP contribution in [0.1, 0.15) is 12.0 Å². The normalized spacial score (nSPS) is 10.6. The van der Waals surface area contributed by atoms with Crippen molar-refractivity contribution in [3.63, 3.8) is 0 Å². The molecule has 0 amide bonds. The first-order chi connectivity index (χ1) is 9.15. The van der Waals surface area contributed by atoms with Gasteiger partial charge in [-0.3, -0.25) is 0 Å². The predicted octanol–water partition coefficient (Wildman–Crippen LogP) is 2.91. The molecule has 0 radical (unpaired) electrons. The summed E-state index contributed by atoms with van der Waals surface area (Å²) < 4.78 is 1.04. The van der Waals surface area contributed by atoms with E-state index in [9.17, 15) is 0 Å². The van der Waals surface area contributed by atoms with Gasteiger partial charge in [-0.15, -0.1) is 10.2 Å². The average molecular weight is 294 g/mol. The molecule has 102 valence electrons. The molecular weight excluding hydrogens is 276 g/mol. The number of hydrogen-bond acceptors (Lipinski definition) is 6. The monoisotopic (exact) mass is 294 g/mol. The molecule has 2 aromatic rings. The predicted molar refractivity (Wildman–Crippen MR) is 84.1 cm³/mol. The lowest BCUT2D eigenvalue weighted by molar-refractivity contribution is 0.928. The number of aryl methyl sites for hydroxylation is 1. The van der Waals surface area contributed by atoms with Gasteiger partial charge in [0, 0.05) is 25.5 Å². The van der Waals surface area contributed by atoms with E-state index in [-0.39, 0.29) is 0 Å². The Morgan fingerprint density at radius 2 is 1.95 bits per heavy atom. The van der Waals surface area contributed by atoms with E-state index in [4.69, 9.17) is 5.73 Å². The van der Waals surface area contributed by atoms with Gasteiger partial charge in [0.25, 0.3) is 0 Å². The van der Waals surface area contributed by atoms with Crippen molar-refractivity contribution in [2.24, 2.45) is 0 Å². The zero-order valence-corrected chi connectivity index (χ0v) is 12.8. The first kappa shape index (κ1) is 14.1. The molecule has 1 aromatic heterocycles. The van der Waals surface area contributed by atoms with Crippen LogP contribution in [0.25, 0.3) is 0 Å². The Morgan fingerprint density at radius 1 is 1.21 bits per heavy atom. The molecule has 1 heterocycles. The molecule has 4 nitrogen and oxygen atoms in total. The molecule has 0 fully saturated rings. The molecule has 0 aliphatic rings. The molecule has 0 aliphatic heterocycles. The van der Waals surface area contributed by atoms with E-state index in [0.29, 0.717) is 0 Å². The maximum atomic E-state index is 5.66. The van der Waals surface area contributed by atoms with Crippen LogP contribution in [0.4, 0.5) is 10.8 Å². The summed E-state index contributed by atoms with van der Waals surface area (Å²) >= 11 is 3.41. The van der Waals surface area contributed by atoms with E-state index >= 15 is 0 Å². The molecule has 0 saturated heterocycles. The number of nitrogens with two attached hydrogens (primary N) is 1. The Kier molecular flexibility index (Phi) is 5.04. The van der Waals surface area contributed by atoms with Gasteiger partial charge in [-0.25, -0.2) is 0 Å². The van der Waals surface area contributed by atoms with Crippen LogP contribution in [-0.2, 0) is 6.42 Å². The highest BCUT2D eigenvalue weighted by atomic mass is 32.2. The smallest absolute Gasteiger partial charge is 0.208 e. The SMILES string of the molecule is CN(C)c1nnc(SCCCc2ccc(N)cc2)s1. The average Bonchev–Trinajstić information content (AvgIpc) is 2.86. The lowest BCUT2D eigenvalue weighted by Crippen LogP contribution is -2.07. The Labute approximate surface area is 122 Å². The number of rotatable bonds is 6. The van der Waals surface area contributed by atoms with Gasteiger partial charge in [-0.1, -0.05) is 35.2 Å². The van der Waals surface area contributed by atoms with Crippen LogP contribution >= 0.6 is 23.1 Å². The summed E-state index contributed by atoms with van der Waals surface area (Å²) in [6, 6.07) is 8.09. The molecule has 0 saturated carbocycles. The fourth-order valence-electron chi connectivity index (χ4n) is 1.56. The Hall–Kier alpha value is -1.27. The second kappa shape index (κ2) is 6.77. The Bertz CT molecular complexity index is 508. The van der Waals surface area contributed by atoms with Crippen LogP contribution in [0.2, 0.25) is 0 Å². The number of thioether (sulfide) groups is 1. The number of nitrogens with zero attached hydrogens (tertiary/aromatic N) is 3. The van der Waals surface area contributed by atoms with Gasteiger partial charge in [-0.2, -0.15) is 0 Å². The standard InChI is InChI=1S/C13H18N4S2/c1-17(2)12-15-16-13(19-12)18-9-3-4-10-5-7-11(14)8-6-10/h5-8H,3-4,9,14H2,1-2H3. The summed E-state index contributed by atoms with van der Waals surface area (Å²) in [5.74, 6) is 1.06. The van der Waals surface area contributed by atoms with Crippen LogP contribution < -0.4 is 10.6 Å². The summed E-state index contributed by atoms with van der Waals surface area (Å²) in [4.78, 5) is 1.98. The number of benzene rings is 1. The summed E-state index contributed by atoms with van der Waals surface area (Å²) in [5.41, 5.74) is 7.82. The lowest BCUT2D eigenvalue weighted by Gasteiger charge is -2.03. The number of nitrogen functional groups attached to an aromatic ring is 1. The van der Waals surface area contributed by atoms with Gasteiger partial charge in [0.05, 0.1) is 0 Å². The molecule has 6 heteroatoms. The van der Waals surface area contributed by atoms with Crippen molar-refractivity contribution in [2.75, 3.05) is 30.5 Å². The minimum absolute atomic E-state index is 0.822. The quantitative estimate of drug-likeness (QED) is 0.504. The molecule has 0 aliphatic carbocycles. The highest BCUT2D eigenvalue weighted by Crippen LogP contribution is 2.27. The number of aromatic nitrogens is 2. The van der Waals surface area contributed by atoms with Crippen LogP contribution in [0.15, 0.2) is 28.6 Å². The third-order valence-electron chi connectivity index (χ3n) is 2.59.